The SMILES string of the molecule is Cc1cc(C)c(-c2cccc(-c3ccccc3N(c3ccc(-c4ccc(-c5ccc(-c6ccccc6)cc5)cc4)cc3)c3ccc(C4(c5ccc(N(c6ccc(-c7ccc(-c8ccc(-c9ccccc9)cc8)cc7)cc6)c6ccccc6-c6cccc(-c7c(C)cc(C)cc7C)c6)cc5)CCCCC4)cc3)c2)c(C)c1. The molecule has 1 saturated carbocycles. The van der Waals surface area contributed by atoms with Gasteiger partial charge in [-0.15, -0.1) is 0 Å². The molecule has 16 aromatic rings. The van der Waals surface area contributed by atoms with Crippen molar-refractivity contribution in [3.8, 4) is 111 Å². The van der Waals surface area contributed by atoms with Crippen molar-refractivity contribution >= 4 is 34.1 Å². The number of para-hydroxylation sites is 2. The highest BCUT2D eigenvalue weighted by molar-refractivity contribution is 5.93. The first-order valence-corrected chi connectivity index (χ1v) is 39.0. The molecule has 0 aliphatic heterocycles. The summed E-state index contributed by atoms with van der Waals surface area (Å²) in [4.78, 5) is 4.95. The van der Waals surface area contributed by atoms with Crippen LogP contribution >= 0.6 is 0 Å². The van der Waals surface area contributed by atoms with Crippen LogP contribution in [0.3, 0.4) is 0 Å². The third kappa shape index (κ3) is 14.3. The van der Waals surface area contributed by atoms with Gasteiger partial charge in [-0.25, -0.2) is 0 Å². The molecule has 0 aromatic heterocycles. The van der Waals surface area contributed by atoms with E-state index in [1.165, 1.54) is 162 Å². The van der Waals surface area contributed by atoms with Crippen molar-refractivity contribution in [1.29, 1.82) is 0 Å². The molecule has 110 heavy (non-hydrogen) atoms. The summed E-state index contributed by atoms with van der Waals surface area (Å²) in [6, 6.07) is 140. The van der Waals surface area contributed by atoms with Crippen molar-refractivity contribution in [1.82, 2.24) is 0 Å². The van der Waals surface area contributed by atoms with Gasteiger partial charge in [0, 0.05) is 39.3 Å². The van der Waals surface area contributed by atoms with E-state index in [2.05, 4.69) is 427 Å². The average molecular weight is 1420 g/mol. The Kier molecular flexibility index (Phi) is 19.6. The van der Waals surface area contributed by atoms with Gasteiger partial charge in [-0.2, -0.15) is 0 Å². The van der Waals surface area contributed by atoms with Crippen LogP contribution in [0.4, 0.5) is 34.1 Å². The molecule has 0 unspecified atom stereocenters. The molecule has 1 fully saturated rings. The Labute approximate surface area is 650 Å². The van der Waals surface area contributed by atoms with Gasteiger partial charge >= 0.3 is 0 Å². The molecule has 0 N–H and O–H groups in total. The Hall–Kier alpha value is -12.9. The van der Waals surface area contributed by atoms with E-state index in [1.54, 1.807) is 0 Å². The number of aryl methyl sites for hydroxylation is 6. The van der Waals surface area contributed by atoms with Gasteiger partial charge in [0.2, 0.25) is 0 Å². The molecular weight excluding hydrogens is 1330 g/mol. The molecular formula is C108H90N2. The summed E-state index contributed by atoms with van der Waals surface area (Å²) < 4.78 is 0. The smallest absolute Gasteiger partial charge is 0.0540 e. The summed E-state index contributed by atoms with van der Waals surface area (Å²) in [6.07, 6.45) is 5.70. The molecule has 0 atom stereocenters. The van der Waals surface area contributed by atoms with E-state index in [1.807, 2.05) is 0 Å². The van der Waals surface area contributed by atoms with E-state index < -0.39 is 0 Å². The molecule has 1 aliphatic carbocycles. The molecule has 0 bridgehead atoms. The number of hydrogen-bond acceptors (Lipinski definition) is 2. The summed E-state index contributed by atoms with van der Waals surface area (Å²) in [5.41, 5.74) is 41.0. The molecule has 0 heterocycles. The van der Waals surface area contributed by atoms with Crippen LogP contribution in [0, 0.1) is 41.5 Å². The molecule has 0 saturated heterocycles. The fraction of sp³-hybridized carbons (Fsp3) is 0.111. The van der Waals surface area contributed by atoms with Gasteiger partial charge in [0.25, 0.3) is 0 Å². The molecule has 0 radical (unpaired) electrons. The van der Waals surface area contributed by atoms with Gasteiger partial charge in [0.05, 0.1) is 11.4 Å². The molecule has 2 heteroatoms. The molecule has 17 rings (SSSR count). The summed E-state index contributed by atoms with van der Waals surface area (Å²) in [5.74, 6) is 0. The zero-order chi connectivity index (χ0) is 74.7. The van der Waals surface area contributed by atoms with Gasteiger partial charge in [0.1, 0.15) is 0 Å². The van der Waals surface area contributed by atoms with Crippen LogP contribution in [-0.2, 0) is 5.41 Å². The number of nitrogens with zero attached hydrogens (tertiary/aromatic N) is 2. The van der Waals surface area contributed by atoms with Gasteiger partial charge in [0.15, 0.2) is 0 Å². The standard InChI is InChI=1S/C108H90N2/c1-74-68-76(3)106(77(4)69-74)94-28-20-26-92(72-94)102-30-14-16-32-104(102)109(98-58-50-90(51-59-98)88-46-42-86(43-47-88)84-38-34-82(35-39-84)80-22-10-7-11-23-80)100-62-54-96(55-63-100)108(66-18-9-19-67-108)97-56-64-101(65-57-97)110(105-33-17-15-31-103(105)93-27-21-29-95(73-93)107-78(5)70-75(2)71-79(107)6)99-60-52-91(53-61-99)89-48-44-87(45-49-89)85-40-36-83(37-41-85)81-24-12-8-13-25-81/h7-8,10-17,20-65,68-73H,9,18-19,66-67H2,1-6H3. The van der Waals surface area contributed by atoms with Crippen molar-refractivity contribution in [2.75, 3.05) is 9.80 Å². The Bertz CT molecular complexity index is 5500. The van der Waals surface area contributed by atoms with E-state index in [9.17, 15) is 0 Å². The van der Waals surface area contributed by atoms with Gasteiger partial charge in [-0.05, 0) is 261 Å². The zero-order valence-electron chi connectivity index (χ0n) is 63.7. The van der Waals surface area contributed by atoms with Crippen LogP contribution in [0.2, 0.25) is 0 Å². The topological polar surface area (TPSA) is 6.48 Å². The van der Waals surface area contributed by atoms with Crippen LogP contribution in [0.1, 0.15) is 76.6 Å². The van der Waals surface area contributed by atoms with E-state index in [4.69, 9.17) is 0 Å². The highest BCUT2D eigenvalue weighted by Gasteiger charge is 2.36. The first kappa shape index (κ1) is 70.1. The molecule has 0 spiro atoms. The minimum absolute atomic E-state index is 0.189. The molecule has 0 amide bonds. The molecule has 2 nitrogen and oxygen atoms in total. The third-order valence-corrected chi connectivity index (χ3v) is 23.0. The second-order valence-electron chi connectivity index (χ2n) is 30.3. The summed E-state index contributed by atoms with van der Waals surface area (Å²) >= 11 is 0. The maximum atomic E-state index is 2.48. The maximum absolute atomic E-state index is 2.48. The first-order valence-electron chi connectivity index (χ1n) is 39.0. The van der Waals surface area contributed by atoms with E-state index in [0.717, 1.165) is 59.8 Å². The van der Waals surface area contributed by atoms with Crippen LogP contribution in [0.15, 0.2) is 376 Å². The number of anilines is 6. The maximum Gasteiger partial charge on any atom is 0.0540 e. The molecule has 1 aliphatic rings. The monoisotopic (exact) mass is 1410 g/mol. The molecule has 16 aromatic carbocycles. The van der Waals surface area contributed by atoms with Crippen molar-refractivity contribution in [3.63, 3.8) is 0 Å². The normalized spacial score (nSPS) is 12.5. The van der Waals surface area contributed by atoms with E-state index in [-0.39, 0.29) is 5.41 Å². The van der Waals surface area contributed by atoms with Crippen LogP contribution in [0.25, 0.3) is 111 Å². The van der Waals surface area contributed by atoms with Crippen molar-refractivity contribution in [2.24, 2.45) is 0 Å². The largest absolute Gasteiger partial charge is 0.310 e. The quantitative estimate of drug-likeness (QED) is 0.0845. The Balaban J connectivity index is 0.718. The van der Waals surface area contributed by atoms with Crippen molar-refractivity contribution < 1.29 is 0 Å². The minimum Gasteiger partial charge on any atom is -0.310 e. The average Bonchev–Trinajstić information content (AvgIpc) is 0.758. The van der Waals surface area contributed by atoms with Crippen LogP contribution in [0.5, 0.6) is 0 Å². The van der Waals surface area contributed by atoms with Gasteiger partial charge in [-0.1, -0.05) is 334 Å². The highest BCUT2D eigenvalue weighted by Crippen LogP contribution is 2.50. The number of benzene rings is 16. The summed E-state index contributed by atoms with van der Waals surface area (Å²) in [7, 11) is 0. The lowest BCUT2D eigenvalue weighted by Gasteiger charge is -2.39. The molecule has 532 valence electrons. The second-order valence-corrected chi connectivity index (χ2v) is 30.3. The highest BCUT2D eigenvalue weighted by atomic mass is 15.2. The van der Waals surface area contributed by atoms with Crippen molar-refractivity contribution in [2.45, 2.75) is 79.1 Å². The predicted octanol–water partition coefficient (Wildman–Crippen LogP) is 30.4. The Morgan fingerprint density at radius 2 is 0.436 bits per heavy atom. The van der Waals surface area contributed by atoms with Crippen LogP contribution in [-0.4, -0.2) is 0 Å². The third-order valence-electron chi connectivity index (χ3n) is 23.0. The van der Waals surface area contributed by atoms with E-state index >= 15 is 0 Å². The lowest BCUT2D eigenvalue weighted by atomic mass is 9.65. The van der Waals surface area contributed by atoms with Crippen molar-refractivity contribution in [3.05, 3.63) is 421 Å². The minimum atomic E-state index is -0.189. The fourth-order valence-electron chi connectivity index (χ4n) is 17.7. The lowest BCUT2D eigenvalue weighted by molar-refractivity contribution is 0.346. The fourth-order valence-corrected chi connectivity index (χ4v) is 17.7. The number of rotatable bonds is 18. The lowest BCUT2D eigenvalue weighted by Crippen LogP contribution is -2.30. The second kappa shape index (κ2) is 30.8. The van der Waals surface area contributed by atoms with Gasteiger partial charge in [-0.3, -0.25) is 0 Å². The van der Waals surface area contributed by atoms with E-state index in [0.29, 0.717) is 0 Å². The zero-order valence-corrected chi connectivity index (χ0v) is 63.7. The first-order chi connectivity index (χ1) is 53.9. The Morgan fingerprint density at radius 3 is 0.736 bits per heavy atom. The predicted molar refractivity (Wildman–Crippen MR) is 469 cm³/mol. The van der Waals surface area contributed by atoms with Crippen LogP contribution < -0.4 is 9.80 Å². The summed E-state index contributed by atoms with van der Waals surface area (Å²) in [5, 5.41) is 0. The summed E-state index contributed by atoms with van der Waals surface area (Å²) in [6.45, 7) is 13.4. The number of hydrogen-bond donors (Lipinski definition) is 0. The Morgan fingerprint density at radius 1 is 0.200 bits per heavy atom. The van der Waals surface area contributed by atoms with Gasteiger partial charge < -0.3 is 9.80 Å².